The smallest absolute Gasteiger partial charge is 0.407 e. The first-order valence-corrected chi connectivity index (χ1v) is 12.2. The highest BCUT2D eigenvalue weighted by Gasteiger charge is 2.29. The van der Waals surface area contributed by atoms with Crippen LogP contribution < -0.4 is 5.32 Å². The van der Waals surface area contributed by atoms with Crippen molar-refractivity contribution in [3.05, 3.63) is 59.7 Å². The highest BCUT2D eigenvalue weighted by atomic mass is 16.5. The van der Waals surface area contributed by atoms with Gasteiger partial charge in [-0.05, 0) is 34.6 Å². The van der Waals surface area contributed by atoms with Gasteiger partial charge in [0.2, 0.25) is 5.91 Å². The van der Waals surface area contributed by atoms with Crippen molar-refractivity contribution in [2.45, 2.75) is 25.7 Å². The van der Waals surface area contributed by atoms with Crippen LogP contribution in [0.25, 0.3) is 11.1 Å². The molecule has 2 aromatic carbocycles. The molecule has 0 aromatic heterocycles. The number of benzene rings is 2. The van der Waals surface area contributed by atoms with Crippen LogP contribution in [-0.4, -0.2) is 78.8 Å². The van der Waals surface area contributed by atoms with Crippen LogP contribution in [0.5, 0.6) is 0 Å². The highest BCUT2D eigenvalue weighted by molar-refractivity contribution is 5.79. The van der Waals surface area contributed by atoms with E-state index in [1.807, 2.05) is 36.1 Å². The number of nitrogens with one attached hydrogen (secondary N) is 1. The zero-order chi connectivity index (χ0) is 24.8. The molecule has 0 spiro atoms. The molecule has 35 heavy (non-hydrogen) atoms. The first-order chi connectivity index (χ1) is 16.9. The SMILES string of the molecule is CC(CNC(=O)OCC1c2ccccc2-c2ccccc21)CC(=O)N1CCCN(CC(=O)O)CC1. The Morgan fingerprint density at radius 3 is 2.31 bits per heavy atom. The molecule has 1 fully saturated rings. The summed E-state index contributed by atoms with van der Waals surface area (Å²) in [5.41, 5.74) is 4.70. The van der Waals surface area contributed by atoms with E-state index in [0.717, 1.165) is 6.42 Å². The van der Waals surface area contributed by atoms with E-state index in [1.54, 1.807) is 4.90 Å². The summed E-state index contributed by atoms with van der Waals surface area (Å²) in [6.07, 6.45) is 0.596. The molecule has 8 heteroatoms. The maximum absolute atomic E-state index is 12.7. The summed E-state index contributed by atoms with van der Waals surface area (Å²) >= 11 is 0. The monoisotopic (exact) mass is 479 g/mol. The molecule has 1 aliphatic heterocycles. The lowest BCUT2D eigenvalue weighted by Gasteiger charge is -2.23. The van der Waals surface area contributed by atoms with Crippen LogP contribution in [0.2, 0.25) is 0 Å². The maximum Gasteiger partial charge on any atom is 0.407 e. The molecule has 1 heterocycles. The number of hydrogen-bond donors (Lipinski definition) is 2. The molecule has 0 bridgehead atoms. The molecule has 2 aromatic rings. The van der Waals surface area contributed by atoms with Crippen LogP contribution in [-0.2, 0) is 14.3 Å². The number of rotatable bonds is 8. The van der Waals surface area contributed by atoms with Crippen molar-refractivity contribution >= 4 is 18.0 Å². The fourth-order valence-electron chi connectivity index (χ4n) is 4.98. The summed E-state index contributed by atoms with van der Waals surface area (Å²) in [6.45, 7) is 4.92. The molecular formula is C27H33N3O5. The first kappa shape index (κ1) is 24.7. The molecule has 8 nitrogen and oxygen atoms in total. The van der Waals surface area contributed by atoms with Crippen LogP contribution in [0, 0.1) is 5.92 Å². The van der Waals surface area contributed by atoms with Crippen molar-refractivity contribution in [3.63, 3.8) is 0 Å². The van der Waals surface area contributed by atoms with Gasteiger partial charge in [0.25, 0.3) is 0 Å². The van der Waals surface area contributed by atoms with Gasteiger partial charge in [-0.15, -0.1) is 0 Å². The first-order valence-electron chi connectivity index (χ1n) is 12.2. The van der Waals surface area contributed by atoms with Crippen molar-refractivity contribution in [2.24, 2.45) is 5.92 Å². The second-order valence-corrected chi connectivity index (χ2v) is 9.42. The fourth-order valence-corrected chi connectivity index (χ4v) is 4.98. The molecule has 2 amide bonds. The van der Waals surface area contributed by atoms with Gasteiger partial charge in [-0.2, -0.15) is 0 Å². The Morgan fingerprint density at radius 1 is 1.00 bits per heavy atom. The Bertz CT molecular complexity index is 1030. The number of fused-ring (bicyclic) bond motifs is 3. The third-order valence-corrected chi connectivity index (χ3v) is 6.76. The van der Waals surface area contributed by atoms with E-state index < -0.39 is 12.1 Å². The minimum atomic E-state index is -0.849. The number of alkyl carbamates (subject to hydrolysis) is 1. The summed E-state index contributed by atoms with van der Waals surface area (Å²) in [5.74, 6) is -0.848. The second-order valence-electron chi connectivity index (χ2n) is 9.42. The number of nitrogens with zero attached hydrogens (tertiary/aromatic N) is 2. The van der Waals surface area contributed by atoms with E-state index in [2.05, 4.69) is 29.6 Å². The van der Waals surface area contributed by atoms with E-state index in [0.29, 0.717) is 39.1 Å². The van der Waals surface area contributed by atoms with Crippen molar-refractivity contribution in [1.29, 1.82) is 0 Å². The standard InChI is InChI=1S/C27H33N3O5/c1-19(15-25(31)30-12-6-11-29(13-14-30)17-26(32)33)16-28-27(34)35-18-24-22-9-4-2-7-20(22)21-8-3-5-10-23(21)24/h2-5,7-10,19,24H,6,11-18H2,1H3,(H,28,34)(H,32,33). The Morgan fingerprint density at radius 2 is 1.66 bits per heavy atom. The van der Waals surface area contributed by atoms with Crippen molar-refractivity contribution < 1.29 is 24.2 Å². The number of carbonyl (C=O) groups is 3. The number of aliphatic carboxylic acids is 1. The zero-order valence-electron chi connectivity index (χ0n) is 20.1. The predicted molar refractivity (Wildman–Crippen MR) is 132 cm³/mol. The number of ether oxygens (including phenoxy) is 1. The van der Waals surface area contributed by atoms with E-state index in [9.17, 15) is 14.4 Å². The van der Waals surface area contributed by atoms with Gasteiger partial charge in [-0.1, -0.05) is 55.5 Å². The molecule has 2 aliphatic rings. The van der Waals surface area contributed by atoms with Crippen molar-refractivity contribution in [2.75, 3.05) is 45.9 Å². The van der Waals surface area contributed by atoms with Crippen LogP contribution in [0.1, 0.15) is 36.8 Å². The number of carboxylic acids is 1. The summed E-state index contributed by atoms with van der Waals surface area (Å²) < 4.78 is 5.57. The third kappa shape index (κ3) is 6.19. The predicted octanol–water partition coefficient (Wildman–Crippen LogP) is 3.17. The van der Waals surface area contributed by atoms with Gasteiger partial charge < -0.3 is 20.1 Å². The molecule has 2 N–H and O–H groups in total. The number of hydrogen-bond acceptors (Lipinski definition) is 5. The Hall–Kier alpha value is -3.39. The van der Waals surface area contributed by atoms with Gasteiger partial charge in [0, 0.05) is 45.1 Å². The topological polar surface area (TPSA) is 99.2 Å². The molecule has 0 radical (unpaired) electrons. The molecule has 4 rings (SSSR count). The van der Waals surface area contributed by atoms with Crippen molar-refractivity contribution in [3.8, 4) is 11.1 Å². The summed E-state index contributed by atoms with van der Waals surface area (Å²) in [5, 5.41) is 11.8. The number of amides is 2. The minimum Gasteiger partial charge on any atom is -0.480 e. The number of carbonyl (C=O) groups excluding carboxylic acids is 2. The quantitative estimate of drug-likeness (QED) is 0.604. The van der Waals surface area contributed by atoms with E-state index in [-0.39, 0.29) is 30.9 Å². The van der Waals surface area contributed by atoms with Gasteiger partial charge in [-0.3, -0.25) is 14.5 Å². The lowest BCUT2D eigenvalue weighted by atomic mass is 9.98. The molecule has 0 saturated carbocycles. The van der Waals surface area contributed by atoms with Crippen molar-refractivity contribution in [1.82, 2.24) is 15.1 Å². The van der Waals surface area contributed by atoms with Crippen LogP contribution >= 0.6 is 0 Å². The average molecular weight is 480 g/mol. The van der Waals surface area contributed by atoms with Crippen LogP contribution in [0.4, 0.5) is 4.79 Å². The summed E-state index contributed by atoms with van der Waals surface area (Å²) in [6, 6.07) is 16.4. The largest absolute Gasteiger partial charge is 0.480 e. The van der Waals surface area contributed by atoms with Gasteiger partial charge >= 0.3 is 12.1 Å². The molecule has 1 aliphatic carbocycles. The minimum absolute atomic E-state index is 0.00247. The summed E-state index contributed by atoms with van der Waals surface area (Å²) in [7, 11) is 0. The fraction of sp³-hybridized carbons (Fsp3) is 0.444. The highest BCUT2D eigenvalue weighted by Crippen LogP contribution is 2.44. The van der Waals surface area contributed by atoms with Crippen LogP contribution in [0.15, 0.2) is 48.5 Å². The van der Waals surface area contributed by atoms with E-state index in [4.69, 9.17) is 9.84 Å². The third-order valence-electron chi connectivity index (χ3n) is 6.76. The Kier molecular flexibility index (Phi) is 8.02. The molecule has 1 saturated heterocycles. The van der Waals surface area contributed by atoms with E-state index in [1.165, 1.54) is 22.3 Å². The van der Waals surface area contributed by atoms with Crippen LogP contribution in [0.3, 0.4) is 0 Å². The average Bonchev–Trinajstić information content (AvgIpc) is 2.97. The molecular weight excluding hydrogens is 446 g/mol. The Balaban J connectivity index is 1.22. The molecule has 186 valence electrons. The van der Waals surface area contributed by atoms with Gasteiger partial charge in [0.15, 0.2) is 0 Å². The molecule has 1 unspecified atom stereocenters. The lowest BCUT2D eigenvalue weighted by molar-refractivity contribution is -0.138. The molecule has 1 atom stereocenters. The van der Waals surface area contributed by atoms with Gasteiger partial charge in [-0.25, -0.2) is 4.79 Å². The zero-order valence-corrected chi connectivity index (χ0v) is 20.1. The number of carboxylic acid groups (broad SMARTS) is 1. The van der Waals surface area contributed by atoms with E-state index >= 15 is 0 Å². The summed E-state index contributed by atoms with van der Waals surface area (Å²) in [4.78, 5) is 39.7. The Labute approximate surface area is 205 Å². The lowest BCUT2D eigenvalue weighted by Crippen LogP contribution is -2.38. The normalized spacial score (nSPS) is 16.7. The second kappa shape index (κ2) is 11.4. The van der Waals surface area contributed by atoms with Gasteiger partial charge in [0.1, 0.15) is 6.61 Å². The van der Waals surface area contributed by atoms with Gasteiger partial charge in [0.05, 0.1) is 6.54 Å². The maximum atomic E-state index is 12.7.